The van der Waals surface area contributed by atoms with Gasteiger partial charge >= 0.3 is 0 Å². The lowest BCUT2D eigenvalue weighted by molar-refractivity contribution is -0.133. The SMILES string of the molecule is O=C(CN1C[C@H](c2ccccc2)CC1=O)N/N=C\c1ccccc1O. The molecule has 1 atom stereocenters. The predicted molar refractivity (Wildman–Crippen MR) is 94.2 cm³/mol. The number of benzene rings is 2. The van der Waals surface area contributed by atoms with E-state index in [2.05, 4.69) is 10.5 Å². The monoisotopic (exact) mass is 337 g/mol. The second-order valence-electron chi connectivity index (χ2n) is 5.94. The van der Waals surface area contributed by atoms with E-state index in [9.17, 15) is 14.7 Å². The van der Waals surface area contributed by atoms with E-state index >= 15 is 0 Å². The lowest BCUT2D eigenvalue weighted by Gasteiger charge is -2.15. The van der Waals surface area contributed by atoms with Crippen LogP contribution in [-0.4, -0.2) is 41.1 Å². The summed E-state index contributed by atoms with van der Waals surface area (Å²) < 4.78 is 0. The highest BCUT2D eigenvalue weighted by Gasteiger charge is 2.31. The Balaban J connectivity index is 1.53. The molecular formula is C19H19N3O3. The first-order chi connectivity index (χ1) is 12.1. The predicted octanol–water partition coefficient (Wildman–Crippen LogP) is 1.86. The topological polar surface area (TPSA) is 82.0 Å². The number of hydrazone groups is 1. The van der Waals surface area contributed by atoms with E-state index in [4.69, 9.17) is 0 Å². The molecule has 3 rings (SSSR count). The van der Waals surface area contributed by atoms with E-state index in [0.29, 0.717) is 18.5 Å². The average molecular weight is 337 g/mol. The largest absolute Gasteiger partial charge is 0.507 e. The maximum absolute atomic E-state index is 12.1. The molecule has 0 unspecified atom stereocenters. The van der Waals surface area contributed by atoms with Gasteiger partial charge in [-0.2, -0.15) is 5.10 Å². The molecule has 0 radical (unpaired) electrons. The number of carbonyl (C=O) groups is 2. The van der Waals surface area contributed by atoms with Crippen LogP contribution < -0.4 is 5.43 Å². The van der Waals surface area contributed by atoms with Crippen LogP contribution in [0.25, 0.3) is 0 Å². The maximum Gasteiger partial charge on any atom is 0.259 e. The van der Waals surface area contributed by atoms with Crippen LogP contribution in [0.3, 0.4) is 0 Å². The molecule has 0 aliphatic carbocycles. The lowest BCUT2D eigenvalue weighted by atomic mass is 9.99. The first-order valence-corrected chi connectivity index (χ1v) is 8.06. The van der Waals surface area contributed by atoms with Crippen molar-refractivity contribution in [2.24, 2.45) is 5.10 Å². The zero-order valence-electron chi connectivity index (χ0n) is 13.6. The third-order valence-corrected chi connectivity index (χ3v) is 4.15. The molecule has 0 aromatic heterocycles. The van der Waals surface area contributed by atoms with Crippen LogP contribution in [0.4, 0.5) is 0 Å². The first kappa shape index (κ1) is 16.7. The standard InChI is InChI=1S/C19H19N3O3/c23-17-9-5-4-8-15(17)11-20-21-18(24)13-22-12-16(10-19(22)25)14-6-2-1-3-7-14/h1-9,11,16,23H,10,12-13H2,(H,21,24)/b20-11-/t16-/m1/s1. The number of hydrogen-bond donors (Lipinski definition) is 2. The molecule has 6 heteroatoms. The second-order valence-corrected chi connectivity index (χ2v) is 5.94. The molecule has 128 valence electrons. The molecule has 2 N–H and O–H groups in total. The smallest absolute Gasteiger partial charge is 0.259 e. The fourth-order valence-electron chi connectivity index (χ4n) is 2.85. The molecule has 0 bridgehead atoms. The highest BCUT2D eigenvalue weighted by molar-refractivity contribution is 5.88. The summed E-state index contributed by atoms with van der Waals surface area (Å²) in [6, 6.07) is 16.5. The Morgan fingerprint density at radius 1 is 1.20 bits per heavy atom. The van der Waals surface area contributed by atoms with Crippen LogP contribution in [0.2, 0.25) is 0 Å². The maximum atomic E-state index is 12.1. The van der Waals surface area contributed by atoms with Crippen LogP contribution in [0, 0.1) is 0 Å². The van der Waals surface area contributed by atoms with Crippen molar-refractivity contribution in [3.05, 3.63) is 65.7 Å². The van der Waals surface area contributed by atoms with Crippen molar-refractivity contribution in [1.29, 1.82) is 0 Å². The number of aromatic hydroxyl groups is 1. The Morgan fingerprint density at radius 2 is 1.92 bits per heavy atom. The molecule has 1 fully saturated rings. The van der Waals surface area contributed by atoms with Crippen LogP contribution in [0.1, 0.15) is 23.5 Å². The average Bonchev–Trinajstić information content (AvgIpc) is 2.98. The first-order valence-electron chi connectivity index (χ1n) is 8.06. The van der Waals surface area contributed by atoms with Gasteiger partial charge in [-0.1, -0.05) is 42.5 Å². The van der Waals surface area contributed by atoms with Gasteiger partial charge in [0.25, 0.3) is 5.91 Å². The molecule has 25 heavy (non-hydrogen) atoms. The summed E-state index contributed by atoms with van der Waals surface area (Å²) >= 11 is 0. The second kappa shape index (κ2) is 7.61. The van der Waals surface area contributed by atoms with Crippen molar-refractivity contribution < 1.29 is 14.7 Å². The Bertz CT molecular complexity index is 790. The van der Waals surface area contributed by atoms with E-state index in [1.165, 1.54) is 12.3 Å². The zero-order valence-corrected chi connectivity index (χ0v) is 13.6. The van der Waals surface area contributed by atoms with Gasteiger partial charge in [-0.3, -0.25) is 9.59 Å². The van der Waals surface area contributed by atoms with Crippen LogP contribution in [0.5, 0.6) is 5.75 Å². The van der Waals surface area contributed by atoms with Gasteiger partial charge in [-0.25, -0.2) is 5.43 Å². The summed E-state index contributed by atoms with van der Waals surface area (Å²) in [5.74, 6) is -0.199. The van der Waals surface area contributed by atoms with Gasteiger partial charge in [0.05, 0.1) is 6.21 Å². The number of phenols is 1. The van der Waals surface area contributed by atoms with Crippen molar-refractivity contribution in [3.8, 4) is 5.75 Å². The molecule has 2 aromatic carbocycles. The third kappa shape index (κ3) is 4.23. The minimum atomic E-state index is -0.367. The third-order valence-electron chi connectivity index (χ3n) is 4.15. The Hall–Kier alpha value is -3.15. The Labute approximate surface area is 145 Å². The van der Waals surface area contributed by atoms with Crippen molar-refractivity contribution in [2.45, 2.75) is 12.3 Å². The number of nitrogens with one attached hydrogen (secondary N) is 1. The van der Waals surface area contributed by atoms with E-state index in [1.54, 1.807) is 23.1 Å². The quantitative estimate of drug-likeness (QED) is 0.645. The number of likely N-dealkylation sites (tertiary alicyclic amines) is 1. The van der Waals surface area contributed by atoms with Crippen molar-refractivity contribution in [3.63, 3.8) is 0 Å². The van der Waals surface area contributed by atoms with Gasteiger partial charge in [0.1, 0.15) is 12.3 Å². The van der Waals surface area contributed by atoms with Gasteiger partial charge in [0.15, 0.2) is 0 Å². The minimum Gasteiger partial charge on any atom is -0.507 e. The summed E-state index contributed by atoms with van der Waals surface area (Å²) in [7, 11) is 0. The fraction of sp³-hybridized carbons (Fsp3) is 0.211. The molecule has 0 saturated carbocycles. The summed E-state index contributed by atoms with van der Waals surface area (Å²) in [6.07, 6.45) is 1.78. The van der Waals surface area contributed by atoms with E-state index < -0.39 is 0 Å². The fourth-order valence-corrected chi connectivity index (χ4v) is 2.85. The van der Waals surface area contributed by atoms with E-state index in [0.717, 1.165) is 5.56 Å². The zero-order chi connectivity index (χ0) is 17.6. The highest BCUT2D eigenvalue weighted by atomic mass is 16.3. The number of hydrogen-bond acceptors (Lipinski definition) is 4. The molecule has 6 nitrogen and oxygen atoms in total. The van der Waals surface area contributed by atoms with Crippen LogP contribution in [0.15, 0.2) is 59.7 Å². The number of carbonyl (C=O) groups excluding carboxylic acids is 2. The lowest BCUT2D eigenvalue weighted by Crippen LogP contribution is -2.36. The van der Waals surface area contributed by atoms with Crippen molar-refractivity contribution in [1.82, 2.24) is 10.3 Å². The number of amides is 2. The van der Waals surface area contributed by atoms with Gasteiger partial charge in [0, 0.05) is 24.4 Å². The summed E-state index contributed by atoms with van der Waals surface area (Å²) in [5, 5.41) is 13.4. The molecule has 2 aromatic rings. The van der Waals surface area contributed by atoms with Crippen molar-refractivity contribution >= 4 is 18.0 Å². The summed E-state index contributed by atoms with van der Waals surface area (Å²) in [6.45, 7) is 0.500. The Morgan fingerprint density at radius 3 is 2.68 bits per heavy atom. The molecule has 1 heterocycles. The number of phenolic OH excluding ortho intramolecular Hbond substituents is 1. The van der Waals surface area contributed by atoms with Gasteiger partial charge in [0.2, 0.25) is 5.91 Å². The summed E-state index contributed by atoms with van der Waals surface area (Å²) in [5.41, 5.74) is 4.00. The minimum absolute atomic E-state index is 0.0275. The van der Waals surface area contributed by atoms with Gasteiger partial charge in [-0.15, -0.1) is 0 Å². The summed E-state index contributed by atoms with van der Waals surface area (Å²) in [4.78, 5) is 25.6. The van der Waals surface area contributed by atoms with Crippen LogP contribution >= 0.6 is 0 Å². The molecule has 1 saturated heterocycles. The number of para-hydroxylation sites is 1. The number of rotatable bonds is 5. The molecular weight excluding hydrogens is 318 g/mol. The van der Waals surface area contributed by atoms with Crippen LogP contribution in [-0.2, 0) is 9.59 Å². The molecule has 1 aliphatic heterocycles. The molecule has 2 amide bonds. The molecule has 0 spiro atoms. The van der Waals surface area contributed by atoms with E-state index in [-0.39, 0.29) is 30.0 Å². The van der Waals surface area contributed by atoms with Gasteiger partial charge < -0.3 is 10.0 Å². The molecule has 1 aliphatic rings. The highest BCUT2D eigenvalue weighted by Crippen LogP contribution is 2.27. The van der Waals surface area contributed by atoms with Crippen molar-refractivity contribution in [2.75, 3.05) is 13.1 Å². The number of nitrogens with zero attached hydrogens (tertiary/aromatic N) is 2. The Kier molecular flexibility index (Phi) is 5.09. The normalized spacial score (nSPS) is 17.2. The van der Waals surface area contributed by atoms with Gasteiger partial charge in [-0.05, 0) is 17.7 Å². The van der Waals surface area contributed by atoms with E-state index in [1.807, 2.05) is 30.3 Å².